The second-order valence-electron chi connectivity index (χ2n) is 6.02. The lowest BCUT2D eigenvalue weighted by atomic mass is 9.85. The summed E-state index contributed by atoms with van der Waals surface area (Å²) >= 11 is 0. The Morgan fingerprint density at radius 1 is 1.35 bits per heavy atom. The fraction of sp³-hybridized carbons (Fsp3) is 0.467. The number of nitrogens with zero attached hydrogens (tertiary/aromatic N) is 1. The fourth-order valence-electron chi connectivity index (χ4n) is 2.26. The summed E-state index contributed by atoms with van der Waals surface area (Å²) in [5, 5.41) is -0.762. The van der Waals surface area contributed by atoms with Crippen molar-refractivity contribution in [1.29, 1.82) is 0 Å². The van der Waals surface area contributed by atoms with E-state index in [2.05, 4.69) is 0 Å². The Morgan fingerprint density at radius 2 is 2.00 bits per heavy atom. The summed E-state index contributed by atoms with van der Waals surface area (Å²) in [5.74, 6) is -1.80. The highest BCUT2D eigenvalue weighted by atomic mass is 32.2. The average Bonchev–Trinajstić information content (AvgIpc) is 2.44. The first kappa shape index (κ1) is 17.4. The summed E-state index contributed by atoms with van der Waals surface area (Å²) in [6.07, 6.45) is 0.341. The second kappa shape index (κ2) is 5.92. The molecule has 1 atom stereocenters. The highest BCUT2D eigenvalue weighted by molar-refractivity contribution is 7.90. The van der Waals surface area contributed by atoms with E-state index in [1.54, 1.807) is 0 Å². The van der Waals surface area contributed by atoms with Gasteiger partial charge >= 0.3 is 0 Å². The van der Waals surface area contributed by atoms with Crippen LogP contribution in [0.1, 0.15) is 37.6 Å². The molecule has 1 unspecified atom stereocenters. The maximum absolute atomic E-state index is 13.2. The van der Waals surface area contributed by atoms with Crippen LogP contribution >= 0.6 is 0 Å². The van der Waals surface area contributed by atoms with Crippen LogP contribution in [0.5, 0.6) is 0 Å². The number of hydrogen-bond donors (Lipinski definition) is 1. The van der Waals surface area contributed by atoms with Gasteiger partial charge in [0.05, 0.1) is 5.25 Å². The van der Waals surface area contributed by atoms with Crippen molar-refractivity contribution in [3.63, 3.8) is 0 Å². The van der Waals surface area contributed by atoms with Crippen molar-refractivity contribution in [2.45, 2.75) is 38.0 Å². The Bertz CT molecular complexity index is 748. The molecule has 1 aliphatic rings. The number of sulfonamides is 1. The molecule has 6 nitrogen and oxygen atoms in total. The normalized spacial score (nSPS) is 21.0. The van der Waals surface area contributed by atoms with Crippen molar-refractivity contribution in [2.24, 2.45) is 0 Å². The molecule has 1 fully saturated rings. The number of carbonyl (C=O) groups is 2. The topological polar surface area (TPSA) is 83.6 Å². The summed E-state index contributed by atoms with van der Waals surface area (Å²) in [5.41, 5.74) is -1.14. The minimum atomic E-state index is -3.77. The summed E-state index contributed by atoms with van der Waals surface area (Å²) in [6, 6.07) is 5.16. The molecule has 1 aromatic rings. The predicted octanol–water partition coefficient (Wildman–Crippen LogP) is 1.28. The molecule has 8 heteroatoms. The van der Waals surface area contributed by atoms with Crippen LogP contribution in [0.3, 0.4) is 0 Å². The van der Waals surface area contributed by atoms with Gasteiger partial charge in [-0.05, 0) is 45.4 Å². The second-order valence-corrected chi connectivity index (χ2v) is 8.25. The van der Waals surface area contributed by atoms with E-state index in [0.717, 1.165) is 6.07 Å². The van der Waals surface area contributed by atoms with E-state index in [1.807, 2.05) is 4.72 Å². The lowest BCUT2D eigenvalue weighted by Crippen LogP contribution is -2.68. The predicted molar refractivity (Wildman–Crippen MR) is 82.7 cm³/mol. The largest absolute Gasteiger partial charge is 0.324 e. The Balaban J connectivity index is 2.20. The van der Waals surface area contributed by atoms with Gasteiger partial charge < -0.3 is 4.90 Å². The number of halogens is 1. The molecule has 1 aromatic carbocycles. The minimum Gasteiger partial charge on any atom is -0.324 e. The number of likely N-dealkylation sites (tertiary alicyclic amines) is 1. The molecular weight excluding hydrogens is 323 g/mol. The summed E-state index contributed by atoms with van der Waals surface area (Å²) in [4.78, 5) is 26.0. The Kier molecular flexibility index (Phi) is 4.48. The van der Waals surface area contributed by atoms with Crippen molar-refractivity contribution >= 4 is 21.8 Å². The van der Waals surface area contributed by atoms with E-state index in [-0.39, 0.29) is 5.56 Å². The monoisotopic (exact) mass is 342 g/mol. The van der Waals surface area contributed by atoms with Crippen LogP contribution in [0.15, 0.2) is 24.3 Å². The average molecular weight is 342 g/mol. The van der Waals surface area contributed by atoms with E-state index >= 15 is 0 Å². The molecule has 23 heavy (non-hydrogen) atoms. The van der Waals surface area contributed by atoms with E-state index < -0.39 is 38.4 Å². The number of carbonyl (C=O) groups excluding carboxylic acids is 2. The molecule has 126 valence electrons. The van der Waals surface area contributed by atoms with Gasteiger partial charge in [0.1, 0.15) is 11.4 Å². The molecule has 0 aromatic heterocycles. The smallest absolute Gasteiger partial charge is 0.259 e. The van der Waals surface area contributed by atoms with Gasteiger partial charge in [0.25, 0.3) is 11.8 Å². The first-order valence-corrected chi connectivity index (χ1v) is 8.76. The van der Waals surface area contributed by atoms with Crippen molar-refractivity contribution < 1.29 is 22.4 Å². The lowest BCUT2D eigenvalue weighted by molar-refractivity contribution is -0.135. The van der Waals surface area contributed by atoms with Crippen molar-refractivity contribution in [1.82, 2.24) is 9.62 Å². The van der Waals surface area contributed by atoms with Gasteiger partial charge in [-0.3, -0.25) is 14.3 Å². The maximum atomic E-state index is 13.2. The van der Waals surface area contributed by atoms with Crippen molar-refractivity contribution in [3.8, 4) is 0 Å². The summed E-state index contributed by atoms with van der Waals surface area (Å²) in [7, 11) is -3.77. The number of amides is 2. The lowest BCUT2D eigenvalue weighted by Gasteiger charge is -2.48. The van der Waals surface area contributed by atoms with Crippen LogP contribution < -0.4 is 4.72 Å². The third kappa shape index (κ3) is 3.21. The standard InChI is InChI=1S/C15H19FN2O4S/c1-10(2)23(21,22)17-14(20)15(3)7-8-18(15)13(19)11-5-4-6-12(16)9-11/h4-6,9-10H,7-8H2,1-3H3,(H,17,20). The van der Waals surface area contributed by atoms with Gasteiger partial charge in [-0.25, -0.2) is 12.8 Å². The molecule has 0 aliphatic carbocycles. The van der Waals surface area contributed by atoms with E-state index in [0.29, 0.717) is 13.0 Å². The molecule has 2 amide bonds. The fourth-order valence-corrected chi connectivity index (χ4v) is 2.97. The first-order chi connectivity index (χ1) is 10.6. The van der Waals surface area contributed by atoms with Crippen LogP contribution in [-0.4, -0.2) is 42.5 Å². The van der Waals surface area contributed by atoms with Crippen molar-refractivity contribution in [2.75, 3.05) is 6.54 Å². The molecule has 1 aliphatic heterocycles. The van der Waals surface area contributed by atoms with Gasteiger partial charge in [0.15, 0.2) is 0 Å². The minimum absolute atomic E-state index is 0.121. The highest BCUT2D eigenvalue weighted by Gasteiger charge is 2.50. The van der Waals surface area contributed by atoms with Gasteiger partial charge in [-0.1, -0.05) is 6.07 Å². The van der Waals surface area contributed by atoms with Gasteiger partial charge in [-0.2, -0.15) is 0 Å². The molecule has 0 radical (unpaired) electrons. The molecule has 0 spiro atoms. The summed E-state index contributed by atoms with van der Waals surface area (Å²) in [6.45, 7) is 4.71. The van der Waals surface area contributed by atoms with Gasteiger partial charge in [0, 0.05) is 12.1 Å². The molecule has 0 saturated carbocycles. The van der Waals surface area contributed by atoms with Crippen LogP contribution in [-0.2, 0) is 14.8 Å². The van der Waals surface area contributed by atoms with Crippen molar-refractivity contribution in [3.05, 3.63) is 35.6 Å². The van der Waals surface area contributed by atoms with Crippen LogP contribution in [0.2, 0.25) is 0 Å². The zero-order valence-electron chi connectivity index (χ0n) is 13.2. The Labute approximate surface area is 134 Å². The van der Waals surface area contributed by atoms with E-state index in [1.165, 1.54) is 43.9 Å². The Hall–Kier alpha value is -1.96. The molecule has 1 saturated heterocycles. The van der Waals surface area contributed by atoms with E-state index in [4.69, 9.17) is 0 Å². The number of nitrogens with one attached hydrogen (secondary N) is 1. The molecule has 2 rings (SSSR count). The third-order valence-electron chi connectivity index (χ3n) is 4.08. The zero-order chi connectivity index (χ0) is 17.4. The molecule has 1 N–H and O–H groups in total. The maximum Gasteiger partial charge on any atom is 0.259 e. The van der Waals surface area contributed by atoms with Crippen LogP contribution in [0.25, 0.3) is 0 Å². The highest BCUT2D eigenvalue weighted by Crippen LogP contribution is 2.32. The molecule has 1 heterocycles. The Morgan fingerprint density at radius 3 is 2.48 bits per heavy atom. The van der Waals surface area contributed by atoms with Gasteiger partial charge in [0.2, 0.25) is 10.0 Å². The number of rotatable bonds is 4. The first-order valence-electron chi connectivity index (χ1n) is 7.21. The SMILES string of the molecule is CC(C)S(=O)(=O)NC(=O)C1(C)CCN1C(=O)c1cccc(F)c1. The van der Waals surface area contributed by atoms with Gasteiger partial charge in [-0.15, -0.1) is 0 Å². The molecule has 0 bridgehead atoms. The third-order valence-corrected chi connectivity index (χ3v) is 5.79. The van der Waals surface area contributed by atoms with Crippen LogP contribution in [0, 0.1) is 5.82 Å². The number of hydrogen-bond acceptors (Lipinski definition) is 4. The van der Waals surface area contributed by atoms with Crippen LogP contribution in [0.4, 0.5) is 4.39 Å². The quantitative estimate of drug-likeness (QED) is 0.893. The van der Waals surface area contributed by atoms with E-state index in [9.17, 15) is 22.4 Å². The molecular formula is C15H19FN2O4S. The zero-order valence-corrected chi connectivity index (χ0v) is 14.0. The number of benzene rings is 1. The summed E-state index contributed by atoms with van der Waals surface area (Å²) < 4.78 is 38.9.